The second-order valence-corrected chi connectivity index (χ2v) is 3.16. The molecule has 1 aliphatic carbocycles. The summed E-state index contributed by atoms with van der Waals surface area (Å²) in [4.78, 5) is 11.2. The molecule has 1 fully saturated rings. The molecule has 1 radical (unpaired) electrons. The predicted molar refractivity (Wildman–Crippen MR) is 40.9 cm³/mol. The normalized spacial score (nSPS) is 21.6. The van der Waals surface area contributed by atoms with Gasteiger partial charge >= 0.3 is 5.97 Å². The van der Waals surface area contributed by atoms with E-state index in [0.717, 1.165) is 25.7 Å². The lowest BCUT2D eigenvalue weighted by Gasteiger charge is -2.22. The van der Waals surface area contributed by atoms with E-state index in [2.05, 4.69) is 4.74 Å². The van der Waals surface area contributed by atoms with Crippen LogP contribution in [0, 0.1) is 5.41 Å². The van der Waals surface area contributed by atoms with Gasteiger partial charge in [0.25, 0.3) is 0 Å². The van der Waals surface area contributed by atoms with Crippen LogP contribution in [0.25, 0.3) is 0 Å². The van der Waals surface area contributed by atoms with Crippen LogP contribution in [0.15, 0.2) is 0 Å². The quantitative estimate of drug-likeness (QED) is 0.560. The van der Waals surface area contributed by atoms with Gasteiger partial charge in [0, 0.05) is 6.54 Å². The van der Waals surface area contributed by atoms with Crippen LogP contribution in [0.1, 0.15) is 25.7 Å². The van der Waals surface area contributed by atoms with E-state index in [1.54, 1.807) is 0 Å². The van der Waals surface area contributed by atoms with Crippen molar-refractivity contribution in [2.75, 3.05) is 13.7 Å². The highest BCUT2D eigenvalue weighted by Crippen LogP contribution is 2.38. The van der Waals surface area contributed by atoms with E-state index in [4.69, 9.17) is 5.73 Å². The minimum atomic E-state index is -0.450. The Morgan fingerprint density at radius 3 is 2.45 bits per heavy atom. The molecule has 0 aromatic carbocycles. The van der Waals surface area contributed by atoms with Crippen LogP contribution < -0.4 is 5.73 Å². The molecule has 0 aliphatic heterocycles. The number of carbonyl (C=O) groups excluding carboxylic acids is 1. The Morgan fingerprint density at radius 1 is 1.55 bits per heavy atom. The Bertz CT molecular complexity index is 150. The minimum Gasteiger partial charge on any atom is -0.469 e. The van der Waals surface area contributed by atoms with Gasteiger partial charge in [0.2, 0.25) is 0 Å². The molecule has 1 aliphatic rings. The largest absolute Gasteiger partial charge is 0.469 e. The highest BCUT2D eigenvalue weighted by molar-refractivity contribution is 5.77. The highest BCUT2D eigenvalue weighted by Gasteiger charge is 2.40. The summed E-state index contributed by atoms with van der Waals surface area (Å²) < 4.78 is 4.67. The van der Waals surface area contributed by atoms with Gasteiger partial charge in [-0.25, -0.2) is 0 Å². The first-order valence-corrected chi connectivity index (χ1v) is 3.98. The summed E-state index contributed by atoms with van der Waals surface area (Å²) in [5.41, 5.74) is 6.83. The SMILES string of the molecule is COC(=O)C1(C[NH])CCCC1. The van der Waals surface area contributed by atoms with Gasteiger partial charge in [-0.3, -0.25) is 10.5 Å². The maximum Gasteiger partial charge on any atom is 0.313 e. The van der Waals surface area contributed by atoms with Gasteiger partial charge in [0.05, 0.1) is 12.5 Å². The van der Waals surface area contributed by atoms with Crippen LogP contribution in [0.2, 0.25) is 0 Å². The fourth-order valence-corrected chi connectivity index (χ4v) is 1.72. The summed E-state index contributed by atoms with van der Waals surface area (Å²) >= 11 is 0. The van der Waals surface area contributed by atoms with E-state index in [-0.39, 0.29) is 12.5 Å². The first kappa shape index (κ1) is 8.53. The van der Waals surface area contributed by atoms with Crippen LogP contribution in [0.3, 0.4) is 0 Å². The van der Waals surface area contributed by atoms with E-state index in [1.165, 1.54) is 7.11 Å². The molecule has 3 nitrogen and oxygen atoms in total. The molecule has 0 spiro atoms. The van der Waals surface area contributed by atoms with Gasteiger partial charge in [-0.05, 0) is 12.8 Å². The Labute approximate surface area is 66.9 Å². The molecule has 0 bridgehead atoms. The Kier molecular flexibility index (Phi) is 2.49. The van der Waals surface area contributed by atoms with Crippen molar-refractivity contribution in [2.45, 2.75) is 25.7 Å². The molecule has 0 aromatic rings. The lowest BCUT2D eigenvalue weighted by Crippen LogP contribution is -2.33. The third kappa shape index (κ3) is 1.38. The Morgan fingerprint density at radius 2 is 2.09 bits per heavy atom. The topological polar surface area (TPSA) is 50.1 Å². The summed E-state index contributed by atoms with van der Waals surface area (Å²) in [6.45, 7) is 0.180. The van der Waals surface area contributed by atoms with Crippen LogP contribution in [0.5, 0.6) is 0 Å². The summed E-state index contributed by atoms with van der Waals surface area (Å²) in [6, 6.07) is 0. The fourth-order valence-electron chi connectivity index (χ4n) is 1.72. The molecule has 11 heavy (non-hydrogen) atoms. The van der Waals surface area contributed by atoms with E-state index in [1.807, 2.05) is 0 Å². The second kappa shape index (κ2) is 3.22. The van der Waals surface area contributed by atoms with Crippen molar-refractivity contribution in [3.05, 3.63) is 0 Å². The van der Waals surface area contributed by atoms with E-state index in [0.29, 0.717) is 0 Å². The summed E-state index contributed by atoms with van der Waals surface area (Å²) in [6.07, 6.45) is 3.80. The second-order valence-electron chi connectivity index (χ2n) is 3.16. The predicted octanol–water partition coefficient (Wildman–Crippen LogP) is 1.00. The minimum absolute atomic E-state index is 0.180. The molecule has 1 N–H and O–H groups in total. The summed E-state index contributed by atoms with van der Waals surface area (Å²) in [7, 11) is 1.40. The zero-order valence-corrected chi connectivity index (χ0v) is 6.85. The molecule has 63 valence electrons. The summed E-state index contributed by atoms with van der Waals surface area (Å²) in [5.74, 6) is -0.190. The van der Waals surface area contributed by atoms with Crippen LogP contribution in [-0.4, -0.2) is 19.6 Å². The monoisotopic (exact) mass is 156 g/mol. The number of hydrogen-bond donors (Lipinski definition) is 0. The van der Waals surface area contributed by atoms with Crippen molar-refractivity contribution < 1.29 is 9.53 Å². The zero-order valence-electron chi connectivity index (χ0n) is 6.85. The Hall–Kier alpha value is -0.570. The van der Waals surface area contributed by atoms with Gasteiger partial charge in [-0.2, -0.15) is 0 Å². The van der Waals surface area contributed by atoms with Crippen LogP contribution in [0.4, 0.5) is 0 Å². The number of hydrogen-bond acceptors (Lipinski definition) is 2. The number of esters is 1. The molecule has 0 amide bonds. The lowest BCUT2D eigenvalue weighted by atomic mass is 9.87. The number of carbonyl (C=O) groups is 1. The Balaban J connectivity index is 2.66. The maximum atomic E-state index is 11.2. The molecule has 0 heterocycles. The van der Waals surface area contributed by atoms with Crippen molar-refractivity contribution in [1.29, 1.82) is 0 Å². The van der Waals surface area contributed by atoms with Crippen molar-refractivity contribution >= 4 is 5.97 Å². The van der Waals surface area contributed by atoms with Crippen molar-refractivity contribution in [1.82, 2.24) is 5.73 Å². The molecule has 0 atom stereocenters. The molecule has 1 saturated carbocycles. The first-order chi connectivity index (χ1) is 5.25. The molecule has 0 unspecified atom stereocenters. The van der Waals surface area contributed by atoms with Crippen molar-refractivity contribution in [2.24, 2.45) is 5.41 Å². The average Bonchev–Trinajstić information content (AvgIpc) is 2.52. The van der Waals surface area contributed by atoms with Gasteiger partial charge in [0.1, 0.15) is 0 Å². The highest BCUT2D eigenvalue weighted by atomic mass is 16.5. The van der Waals surface area contributed by atoms with E-state index >= 15 is 0 Å². The zero-order chi connectivity index (χ0) is 8.32. The van der Waals surface area contributed by atoms with Gasteiger partial charge in [0.15, 0.2) is 0 Å². The number of ether oxygens (including phenoxy) is 1. The number of nitrogens with one attached hydrogen (secondary N) is 1. The van der Waals surface area contributed by atoms with Gasteiger partial charge in [-0.15, -0.1) is 0 Å². The third-order valence-electron chi connectivity index (χ3n) is 2.52. The van der Waals surface area contributed by atoms with Gasteiger partial charge < -0.3 is 4.74 Å². The third-order valence-corrected chi connectivity index (χ3v) is 2.52. The maximum absolute atomic E-state index is 11.2. The smallest absolute Gasteiger partial charge is 0.313 e. The van der Waals surface area contributed by atoms with E-state index in [9.17, 15) is 4.79 Å². The molecule has 0 aromatic heterocycles. The van der Waals surface area contributed by atoms with E-state index < -0.39 is 5.41 Å². The molecular weight excluding hydrogens is 142 g/mol. The van der Waals surface area contributed by atoms with Crippen LogP contribution >= 0.6 is 0 Å². The standard InChI is InChI=1S/C8H14NO2/c1-11-7(10)8(6-9)4-2-3-5-8/h9H,2-6H2,1H3. The molecule has 3 heteroatoms. The molecule has 1 rings (SSSR count). The average molecular weight is 156 g/mol. The summed E-state index contributed by atoms with van der Waals surface area (Å²) in [5, 5.41) is 0. The lowest BCUT2D eigenvalue weighted by molar-refractivity contribution is -0.151. The molecule has 0 saturated heterocycles. The van der Waals surface area contributed by atoms with Crippen LogP contribution in [-0.2, 0) is 9.53 Å². The first-order valence-electron chi connectivity index (χ1n) is 3.98. The van der Waals surface area contributed by atoms with Crippen molar-refractivity contribution in [3.63, 3.8) is 0 Å². The van der Waals surface area contributed by atoms with Crippen molar-refractivity contribution in [3.8, 4) is 0 Å². The number of rotatable bonds is 2. The molecular formula is C8H14NO2. The number of methoxy groups -OCH3 is 1. The van der Waals surface area contributed by atoms with Gasteiger partial charge in [-0.1, -0.05) is 12.8 Å². The fraction of sp³-hybridized carbons (Fsp3) is 0.875.